The van der Waals surface area contributed by atoms with Gasteiger partial charge in [-0.3, -0.25) is 4.98 Å². The molecule has 0 aliphatic heterocycles. The van der Waals surface area contributed by atoms with Crippen LogP contribution in [0.25, 0.3) is 0 Å². The molecule has 90 valence electrons. The monoisotopic (exact) mass is 251 g/mol. The quantitative estimate of drug-likeness (QED) is 0.786. The first-order valence-electron chi connectivity index (χ1n) is 4.89. The van der Waals surface area contributed by atoms with Crippen LogP contribution >= 0.6 is 11.3 Å². The molecule has 1 aromatic heterocycles. The zero-order chi connectivity index (χ0) is 12.3. The van der Waals surface area contributed by atoms with Crippen LogP contribution in [0.4, 0.5) is 0 Å². The fourth-order valence-corrected chi connectivity index (χ4v) is 1.24. The van der Waals surface area contributed by atoms with Crippen molar-refractivity contribution in [1.82, 2.24) is 4.98 Å². The Bertz CT molecular complexity index is 386. The molecule has 4 nitrogen and oxygen atoms in total. The number of carbonyl (C=O) groups excluding carboxylic acids is 1. The highest BCUT2D eigenvalue weighted by Crippen LogP contribution is 2.07. The molecule has 5 heteroatoms. The Balaban J connectivity index is 0.000000239. The summed E-state index contributed by atoms with van der Waals surface area (Å²) in [5.41, 5.74) is 1.79. The zero-order valence-corrected chi connectivity index (χ0v) is 10.2. The lowest BCUT2D eigenvalue weighted by Crippen LogP contribution is -2.12. The Morgan fingerprint density at radius 1 is 1.35 bits per heavy atom. The minimum Gasteiger partial charge on any atom is -0.482 e. The highest BCUT2D eigenvalue weighted by molar-refractivity contribution is 7.07. The fraction of sp³-hybridized carbons (Fsp3) is 0.167. The van der Waals surface area contributed by atoms with E-state index >= 15 is 0 Å². The van der Waals surface area contributed by atoms with Crippen LogP contribution < -0.4 is 4.74 Å². The second-order valence-electron chi connectivity index (χ2n) is 2.85. The highest BCUT2D eigenvalue weighted by Gasteiger charge is 1.99. The van der Waals surface area contributed by atoms with Crippen LogP contribution in [0.15, 0.2) is 47.4 Å². The minimum atomic E-state index is -0.376. The van der Waals surface area contributed by atoms with E-state index in [0.717, 1.165) is 0 Å². The molecule has 0 radical (unpaired) electrons. The van der Waals surface area contributed by atoms with Gasteiger partial charge >= 0.3 is 5.97 Å². The van der Waals surface area contributed by atoms with Gasteiger partial charge in [0.05, 0.1) is 12.6 Å². The maximum atomic E-state index is 10.6. The summed E-state index contributed by atoms with van der Waals surface area (Å²) >= 11 is 1.60. The molecule has 1 heterocycles. The molecule has 0 bridgehead atoms. The van der Waals surface area contributed by atoms with Crippen molar-refractivity contribution in [1.29, 1.82) is 0 Å². The molecule has 2 rings (SSSR count). The van der Waals surface area contributed by atoms with Gasteiger partial charge in [-0.05, 0) is 12.1 Å². The molecule has 0 saturated carbocycles. The molecule has 0 aliphatic carbocycles. The molecule has 17 heavy (non-hydrogen) atoms. The average Bonchev–Trinajstić information content (AvgIpc) is 2.96. The smallest absolute Gasteiger partial charge is 0.343 e. The normalized spacial score (nSPS) is 8.76. The van der Waals surface area contributed by atoms with Crippen molar-refractivity contribution in [3.05, 3.63) is 47.4 Å². The Morgan fingerprint density at radius 3 is 2.59 bits per heavy atom. The SMILES string of the molecule is COC(=O)COc1ccccc1.c1cscn1. The van der Waals surface area contributed by atoms with Gasteiger partial charge in [-0.25, -0.2) is 4.79 Å². The van der Waals surface area contributed by atoms with Gasteiger partial charge in [0.1, 0.15) is 5.75 Å². The summed E-state index contributed by atoms with van der Waals surface area (Å²) in [4.78, 5) is 14.4. The van der Waals surface area contributed by atoms with Gasteiger partial charge in [-0.1, -0.05) is 18.2 Å². The maximum absolute atomic E-state index is 10.6. The number of para-hydroxylation sites is 1. The molecular weight excluding hydrogens is 238 g/mol. The number of carbonyl (C=O) groups is 1. The van der Waals surface area contributed by atoms with Gasteiger partial charge in [0.2, 0.25) is 0 Å². The number of methoxy groups -OCH3 is 1. The van der Waals surface area contributed by atoms with Crippen LogP contribution in [0, 0.1) is 0 Å². The van der Waals surface area contributed by atoms with Crippen molar-refractivity contribution < 1.29 is 14.3 Å². The fourth-order valence-electron chi connectivity index (χ4n) is 0.894. The van der Waals surface area contributed by atoms with E-state index in [1.54, 1.807) is 35.2 Å². The van der Waals surface area contributed by atoms with Crippen LogP contribution in [0.3, 0.4) is 0 Å². The van der Waals surface area contributed by atoms with E-state index in [1.807, 2.05) is 23.6 Å². The van der Waals surface area contributed by atoms with Gasteiger partial charge in [0.25, 0.3) is 0 Å². The van der Waals surface area contributed by atoms with E-state index in [2.05, 4.69) is 9.72 Å². The Hall–Kier alpha value is -1.88. The number of hydrogen-bond donors (Lipinski definition) is 0. The lowest BCUT2D eigenvalue weighted by Gasteiger charge is -2.02. The summed E-state index contributed by atoms with van der Waals surface area (Å²) in [5, 5.41) is 1.93. The van der Waals surface area contributed by atoms with Gasteiger partial charge in [0.15, 0.2) is 6.61 Å². The summed E-state index contributed by atoms with van der Waals surface area (Å²) in [6.45, 7) is -0.0412. The third-order valence-electron chi connectivity index (χ3n) is 1.67. The lowest BCUT2D eigenvalue weighted by atomic mass is 10.3. The Labute approximate surface area is 104 Å². The summed E-state index contributed by atoms with van der Waals surface area (Å²) < 4.78 is 9.49. The van der Waals surface area contributed by atoms with Gasteiger partial charge < -0.3 is 9.47 Å². The molecule has 2 aromatic rings. The third kappa shape index (κ3) is 6.32. The van der Waals surface area contributed by atoms with E-state index in [1.165, 1.54) is 7.11 Å². The van der Waals surface area contributed by atoms with E-state index in [0.29, 0.717) is 5.75 Å². The van der Waals surface area contributed by atoms with Crippen molar-refractivity contribution in [2.24, 2.45) is 0 Å². The Kier molecular flexibility index (Phi) is 6.43. The van der Waals surface area contributed by atoms with Gasteiger partial charge in [0, 0.05) is 11.6 Å². The maximum Gasteiger partial charge on any atom is 0.343 e. The number of esters is 1. The summed E-state index contributed by atoms with van der Waals surface area (Å²) in [6, 6.07) is 9.12. The molecule has 0 unspecified atom stereocenters. The predicted octanol–water partition coefficient (Wildman–Crippen LogP) is 2.38. The second-order valence-corrected chi connectivity index (χ2v) is 3.61. The number of benzene rings is 1. The lowest BCUT2D eigenvalue weighted by molar-refractivity contribution is -0.142. The van der Waals surface area contributed by atoms with Crippen molar-refractivity contribution in [2.75, 3.05) is 13.7 Å². The van der Waals surface area contributed by atoms with Crippen LogP contribution in [0.2, 0.25) is 0 Å². The standard InChI is InChI=1S/C9H10O3.C3H3NS/c1-11-9(10)7-12-8-5-3-2-4-6-8;1-2-5-3-4-1/h2-6H,7H2,1H3;1-3H. The van der Waals surface area contributed by atoms with Gasteiger partial charge in [-0.15, -0.1) is 11.3 Å². The van der Waals surface area contributed by atoms with Crippen LogP contribution in [0.5, 0.6) is 5.75 Å². The van der Waals surface area contributed by atoms with Crippen molar-refractivity contribution in [3.63, 3.8) is 0 Å². The number of rotatable bonds is 3. The number of thiazole rings is 1. The first-order chi connectivity index (χ1) is 8.33. The van der Waals surface area contributed by atoms with Crippen molar-refractivity contribution >= 4 is 17.3 Å². The topological polar surface area (TPSA) is 48.4 Å². The van der Waals surface area contributed by atoms with Crippen molar-refractivity contribution in [3.8, 4) is 5.75 Å². The van der Waals surface area contributed by atoms with E-state index in [4.69, 9.17) is 4.74 Å². The number of hydrogen-bond acceptors (Lipinski definition) is 5. The first-order valence-corrected chi connectivity index (χ1v) is 5.84. The predicted molar refractivity (Wildman–Crippen MR) is 66.1 cm³/mol. The molecule has 0 atom stereocenters. The molecule has 0 aliphatic rings. The average molecular weight is 251 g/mol. The van der Waals surface area contributed by atoms with E-state index < -0.39 is 0 Å². The molecule has 1 aromatic carbocycles. The van der Waals surface area contributed by atoms with Gasteiger partial charge in [-0.2, -0.15) is 0 Å². The van der Waals surface area contributed by atoms with Crippen LogP contribution in [-0.2, 0) is 9.53 Å². The Morgan fingerprint density at radius 2 is 2.12 bits per heavy atom. The van der Waals surface area contributed by atoms with E-state index in [9.17, 15) is 4.79 Å². The molecular formula is C12H13NO3S. The highest BCUT2D eigenvalue weighted by atomic mass is 32.1. The second kappa shape index (κ2) is 8.29. The third-order valence-corrected chi connectivity index (χ3v) is 2.20. The largest absolute Gasteiger partial charge is 0.482 e. The number of ether oxygens (including phenoxy) is 2. The molecule has 0 N–H and O–H groups in total. The van der Waals surface area contributed by atoms with E-state index in [-0.39, 0.29) is 12.6 Å². The molecule has 0 fully saturated rings. The minimum absolute atomic E-state index is 0.0412. The van der Waals surface area contributed by atoms with Crippen LogP contribution in [0.1, 0.15) is 0 Å². The number of aromatic nitrogens is 1. The number of nitrogens with zero attached hydrogens (tertiary/aromatic N) is 1. The zero-order valence-electron chi connectivity index (χ0n) is 9.41. The molecule has 0 amide bonds. The molecule has 0 spiro atoms. The summed E-state index contributed by atoms with van der Waals surface area (Å²) in [5.74, 6) is 0.293. The summed E-state index contributed by atoms with van der Waals surface area (Å²) in [6.07, 6.45) is 1.77. The van der Waals surface area contributed by atoms with Crippen molar-refractivity contribution in [2.45, 2.75) is 0 Å². The summed E-state index contributed by atoms with van der Waals surface area (Å²) in [7, 11) is 1.33. The first kappa shape index (κ1) is 13.2. The van der Waals surface area contributed by atoms with Crippen LogP contribution in [-0.4, -0.2) is 24.7 Å². The molecule has 0 saturated heterocycles.